The molecule has 2 amide bonds. The number of aromatic nitrogens is 2. The second-order valence-electron chi connectivity index (χ2n) is 11.8. The van der Waals surface area contributed by atoms with Crippen LogP contribution in [0.25, 0.3) is 11.3 Å². The highest BCUT2D eigenvalue weighted by Crippen LogP contribution is 2.40. The predicted octanol–water partition coefficient (Wildman–Crippen LogP) is 4.64. The van der Waals surface area contributed by atoms with Crippen LogP contribution in [0.5, 0.6) is 0 Å². The van der Waals surface area contributed by atoms with Crippen molar-refractivity contribution in [3.05, 3.63) is 35.0 Å². The normalized spacial score (nSPS) is 19.8. The smallest absolute Gasteiger partial charge is 0.390 e. The van der Waals surface area contributed by atoms with E-state index < -0.39 is 24.0 Å². The Hall–Kier alpha value is -2.35. The number of rotatable bonds is 9. The monoisotopic (exact) mass is 626 g/mol. The molecule has 0 radical (unpaired) electrons. The number of aliphatic hydroxyl groups excluding tert-OH is 1. The quantitative estimate of drug-likeness (QED) is 0.312. The molecule has 2 saturated heterocycles. The van der Waals surface area contributed by atoms with Crippen molar-refractivity contribution in [1.82, 2.24) is 29.8 Å². The Morgan fingerprint density at radius 1 is 1.09 bits per heavy atom. The number of piperidine rings is 2. The van der Waals surface area contributed by atoms with E-state index in [0.29, 0.717) is 69.0 Å². The maximum atomic E-state index is 14.0. The molecule has 1 aromatic carbocycles. The number of hydrogen-bond acceptors (Lipinski definition) is 6. The van der Waals surface area contributed by atoms with E-state index in [-0.39, 0.29) is 24.0 Å². The van der Waals surface area contributed by atoms with E-state index in [1.165, 1.54) is 12.5 Å². The minimum absolute atomic E-state index is 0.123. The molecule has 1 aromatic heterocycles. The molecule has 1 atom stereocenters. The lowest BCUT2D eigenvalue weighted by atomic mass is 10.00. The second-order valence-corrected chi connectivity index (χ2v) is 12.9. The van der Waals surface area contributed by atoms with Gasteiger partial charge in [0.15, 0.2) is 0 Å². The Morgan fingerprint density at radius 2 is 1.84 bits per heavy atom. The molecule has 3 aliphatic heterocycles. The summed E-state index contributed by atoms with van der Waals surface area (Å²) in [6.07, 6.45) is -1.06. The Bertz CT molecular complexity index is 1240. The molecule has 0 aliphatic carbocycles. The van der Waals surface area contributed by atoms with Crippen LogP contribution in [-0.2, 0) is 25.7 Å². The third-order valence-corrected chi connectivity index (χ3v) is 9.71. The molecular weight excluding hydrogens is 584 g/mol. The van der Waals surface area contributed by atoms with Crippen LogP contribution in [-0.4, -0.2) is 107 Å². The highest BCUT2D eigenvalue weighted by Gasteiger charge is 2.35. The number of urea groups is 1. The summed E-state index contributed by atoms with van der Waals surface area (Å²) in [7, 11) is 1.57. The number of amides is 2. The van der Waals surface area contributed by atoms with Crippen LogP contribution in [0.3, 0.4) is 0 Å². The predicted molar refractivity (Wildman–Crippen MR) is 159 cm³/mol. The molecule has 0 unspecified atom stereocenters. The number of benzene rings is 1. The Morgan fingerprint density at radius 3 is 2.53 bits per heavy atom. The second kappa shape index (κ2) is 14.2. The number of aliphatic hydroxyl groups is 1. The van der Waals surface area contributed by atoms with Crippen LogP contribution < -0.4 is 5.32 Å². The van der Waals surface area contributed by atoms with Gasteiger partial charge in [-0.15, -0.1) is 11.8 Å². The summed E-state index contributed by atoms with van der Waals surface area (Å²) in [6, 6.07) is 3.89. The maximum absolute atomic E-state index is 14.0. The Labute approximate surface area is 254 Å². The van der Waals surface area contributed by atoms with Gasteiger partial charge < -0.3 is 25.1 Å². The zero-order valence-electron chi connectivity index (χ0n) is 24.7. The van der Waals surface area contributed by atoms with E-state index in [1.807, 2.05) is 0 Å². The first-order valence-electron chi connectivity index (χ1n) is 15.3. The molecule has 238 valence electrons. The molecule has 43 heavy (non-hydrogen) atoms. The van der Waals surface area contributed by atoms with Gasteiger partial charge in [-0.2, -0.15) is 18.3 Å². The van der Waals surface area contributed by atoms with Crippen LogP contribution in [0, 0.1) is 0 Å². The number of carbonyl (C=O) groups excluding carboxylic acids is 1. The number of halogens is 4. The van der Waals surface area contributed by atoms with Crippen molar-refractivity contribution in [2.75, 3.05) is 58.6 Å². The van der Waals surface area contributed by atoms with Gasteiger partial charge in [-0.25, -0.2) is 9.18 Å². The van der Waals surface area contributed by atoms with Gasteiger partial charge in [0, 0.05) is 73.7 Å². The number of carbonyl (C=O) groups is 1. The molecule has 0 saturated carbocycles. The summed E-state index contributed by atoms with van der Waals surface area (Å²) in [4.78, 5) is 18.6. The van der Waals surface area contributed by atoms with Crippen LogP contribution in [0.4, 0.5) is 22.4 Å². The Kier molecular flexibility index (Phi) is 10.6. The summed E-state index contributed by atoms with van der Waals surface area (Å²) < 4.78 is 57.4. The van der Waals surface area contributed by atoms with Crippen LogP contribution in [0.15, 0.2) is 23.1 Å². The van der Waals surface area contributed by atoms with Crippen molar-refractivity contribution in [2.24, 2.45) is 0 Å². The van der Waals surface area contributed by atoms with E-state index in [9.17, 15) is 27.5 Å². The SMILES string of the molecule is CNC(=O)N1CCc2c(c(-c3ccc(C(F)(F)F)c(SCCN4CCC(F)CC4)c3)nn2C[C@H](O)CN2CCCCC2)C1. The highest BCUT2D eigenvalue weighted by molar-refractivity contribution is 7.99. The molecule has 0 bridgehead atoms. The molecule has 2 aromatic rings. The van der Waals surface area contributed by atoms with Gasteiger partial charge >= 0.3 is 12.2 Å². The lowest BCUT2D eigenvalue weighted by Crippen LogP contribution is -2.42. The first-order chi connectivity index (χ1) is 20.6. The molecule has 0 spiro atoms. The van der Waals surface area contributed by atoms with Gasteiger partial charge in [0.05, 0.1) is 30.5 Å². The highest BCUT2D eigenvalue weighted by atomic mass is 32.2. The summed E-state index contributed by atoms with van der Waals surface area (Å²) in [5.74, 6) is 0.448. The lowest BCUT2D eigenvalue weighted by molar-refractivity contribution is -0.139. The number of β-amino-alcohol motifs (C(OH)–C–C–N with tert-alkyl or cyclic N) is 1. The average molecular weight is 627 g/mol. The van der Waals surface area contributed by atoms with E-state index in [1.54, 1.807) is 22.7 Å². The van der Waals surface area contributed by atoms with Crippen molar-refractivity contribution in [1.29, 1.82) is 0 Å². The van der Waals surface area contributed by atoms with Crippen molar-refractivity contribution < 1.29 is 27.5 Å². The molecule has 5 rings (SSSR count). The van der Waals surface area contributed by atoms with Gasteiger partial charge in [0.1, 0.15) is 6.17 Å². The number of thioether (sulfide) groups is 1. The number of likely N-dealkylation sites (tertiary alicyclic amines) is 2. The zero-order chi connectivity index (χ0) is 30.6. The number of nitrogens with zero attached hydrogens (tertiary/aromatic N) is 5. The van der Waals surface area contributed by atoms with Crippen molar-refractivity contribution in [3.8, 4) is 11.3 Å². The summed E-state index contributed by atoms with van der Waals surface area (Å²) in [5.41, 5.74) is 2.09. The first kappa shape index (κ1) is 32.1. The molecule has 2 fully saturated rings. The van der Waals surface area contributed by atoms with Gasteiger partial charge in [0.25, 0.3) is 0 Å². The standard InChI is InChI=1S/C30H42F4N6O2S/c1-35-29(42)39-14-9-26-24(20-39)28(36-40(26)19-23(41)18-38-10-3-2-4-11-38)21-5-6-25(30(32,33)34)27(17-21)43-16-15-37-12-7-22(31)8-13-37/h5-6,17,22-23,41H,2-4,7-16,18-20H2,1H3,(H,35,42)/t23-/m1/s1. The van der Waals surface area contributed by atoms with E-state index in [0.717, 1.165) is 55.0 Å². The topological polar surface area (TPSA) is 76.9 Å². The van der Waals surface area contributed by atoms with Crippen molar-refractivity contribution in [3.63, 3.8) is 0 Å². The fourth-order valence-electron chi connectivity index (χ4n) is 6.34. The largest absolute Gasteiger partial charge is 0.417 e. The van der Waals surface area contributed by atoms with Gasteiger partial charge in [0.2, 0.25) is 0 Å². The number of alkyl halides is 4. The Balaban J connectivity index is 1.41. The summed E-state index contributed by atoms with van der Waals surface area (Å²) >= 11 is 1.15. The van der Waals surface area contributed by atoms with Crippen LogP contribution in [0.1, 0.15) is 48.9 Å². The third kappa shape index (κ3) is 8.03. The van der Waals surface area contributed by atoms with Gasteiger partial charge in [-0.05, 0) is 50.9 Å². The van der Waals surface area contributed by atoms with E-state index in [2.05, 4.69) is 15.1 Å². The molecule has 13 heteroatoms. The van der Waals surface area contributed by atoms with E-state index in [4.69, 9.17) is 5.10 Å². The molecule has 3 aliphatic rings. The maximum Gasteiger partial charge on any atom is 0.417 e. The third-order valence-electron chi connectivity index (χ3n) is 8.68. The van der Waals surface area contributed by atoms with Gasteiger partial charge in [-0.1, -0.05) is 12.5 Å². The van der Waals surface area contributed by atoms with Crippen molar-refractivity contribution in [2.45, 2.75) is 75.0 Å². The number of fused-ring (bicyclic) bond motifs is 1. The summed E-state index contributed by atoms with van der Waals surface area (Å²) in [6.45, 7) is 5.30. The fraction of sp³-hybridized carbons (Fsp3) is 0.667. The summed E-state index contributed by atoms with van der Waals surface area (Å²) in [5, 5.41) is 18.5. The van der Waals surface area contributed by atoms with Gasteiger partial charge in [-0.3, -0.25) is 4.68 Å². The molecule has 2 N–H and O–H groups in total. The molecular formula is C30H42F4N6O2S. The number of hydrogen-bond donors (Lipinski definition) is 2. The fourth-order valence-corrected chi connectivity index (χ4v) is 7.45. The average Bonchev–Trinajstić information content (AvgIpc) is 3.35. The van der Waals surface area contributed by atoms with Crippen LogP contribution in [0.2, 0.25) is 0 Å². The minimum Gasteiger partial charge on any atom is -0.390 e. The first-order valence-corrected chi connectivity index (χ1v) is 16.3. The minimum atomic E-state index is -4.51. The van der Waals surface area contributed by atoms with Crippen LogP contribution >= 0.6 is 11.8 Å². The molecule has 8 nitrogen and oxygen atoms in total. The molecule has 4 heterocycles. The lowest BCUT2D eigenvalue weighted by Gasteiger charge is -2.29. The van der Waals surface area contributed by atoms with Crippen molar-refractivity contribution >= 4 is 17.8 Å². The van der Waals surface area contributed by atoms with E-state index >= 15 is 0 Å². The zero-order valence-corrected chi connectivity index (χ0v) is 25.5. The number of nitrogens with one attached hydrogen (secondary N) is 1.